The van der Waals surface area contributed by atoms with Crippen molar-refractivity contribution in [1.29, 1.82) is 0 Å². The molecule has 3 N–H and O–H groups in total. The third-order valence-corrected chi connectivity index (χ3v) is 7.16. The Kier molecular flexibility index (Phi) is 4.54. The molecular formula is C26H26O3. The smallest absolute Gasteiger partial charge is 0.0889 e. The largest absolute Gasteiger partial charge is 0.393 e. The van der Waals surface area contributed by atoms with Gasteiger partial charge in [0.25, 0.3) is 0 Å². The van der Waals surface area contributed by atoms with Gasteiger partial charge in [0.15, 0.2) is 0 Å². The predicted molar refractivity (Wildman–Crippen MR) is 112 cm³/mol. The second-order valence-electron chi connectivity index (χ2n) is 8.49. The van der Waals surface area contributed by atoms with Crippen LogP contribution in [0.3, 0.4) is 0 Å². The van der Waals surface area contributed by atoms with Gasteiger partial charge in [0, 0.05) is 5.41 Å². The van der Waals surface area contributed by atoms with Crippen molar-refractivity contribution in [2.75, 3.05) is 0 Å². The highest BCUT2D eigenvalue weighted by Crippen LogP contribution is 2.69. The van der Waals surface area contributed by atoms with Crippen LogP contribution in [0.25, 0.3) is 0 Å². The molecule has 2 unspecified atom stereocenters. The van der Waals surface area contributed by atoms with Crippen molar-refractivity contribution in [3.63, 3.8) is 0 Å². The molecule has 5 rings (SSSR count). The quantitative estimate of drug-likeness (QED) is 0.609. The molecule has 1 spiro atoms. The Bertz CT molecular complexity index is 905. The van der Waals surface area contributed by atoms with E-state index >= 15 is 0 Å². The van der Waals surface area contributed by atoms with Gasteiger partial charge in [0.2, 0.25) is 0 Å². The van der Waals surface area contributed by atoms with Crippen LogP contribution < -0.4 is 0 Å². The molecule has 148 valence electrons. The van der Waals surface area contributed by atoms with Crippen molar-refractivity contribution in [3.8, 4) is 0 Å². The Labute approximate surface area is 171 Å². The first-order chi connectivity index (χ1) is 14.1. The lowest BCUT2D eigenvalue weighted by Crippen LogP contribution is -2.48. The summed E-state index contributed by atoms with van der Waals surface area (Å²) in [5, 5.41) is 34.3. The van der Waals surface area contributed by atoms with Gasteiger partial charge in [-0.15, -0.1) is 0 Å². The van der Waals surface area contributed by atoms with Gasteiger partial charge in [-0.2, -0.15) is 0 Å². The van der Waals surface area contributed by atoms with E-state index in [-0.39, 0.29) is 11.8 Å². The molecule has 3 heteroatoms. The zero-order chi connectivity index (χ0) is 20.0. The van der Waals surface area contributed by atoms with E-state index in [4.69, 9.17) is 0 Å². The third kappa shape index (κ3) is 2.69. The Balaban J connectivity index is 1.76. The van der Waals surface area contributed by atoms with E-state index in [2.05, 4.69) is 24.3 Å². The van der Waals surface area contributed by atoms with Crippen LogP contribution in [0.5, 0.6) is 0 Å². The average molecular weight is 386 g/mol. The molecule has 0 radical (unpaired) electrons. The van der Waals surface area contributed by atoms with Crippen LogP contribution in [-0.4, -0.2) is 21.4 Å². The fourth-order valence-corrected chi connectivity index (χ4v) is 5.97. The fraction of sp³-hybridized carbons (Fsp3) is 0.308. The van der Waals surface area contributed by atoms with Gasteiger partial charge in [0.05, 0.1) is 18.3 Å². The van der Waals surface area contributed by atoms with E-state index in [0.29, 0.717) is 12.8 Å². The minimum Gasteiger partial charge on any atom is -0.393 e. The lowest BCUT2D eigenvalue weighted by molar-refractivity contribution is -0.124. The van der Waals surface area contributed by atoms with Crippen molar-refractivity contribution in [2.45, 2.75) is 43.0 Å². The highest BCUT2D eigenvalue weighted by molar-refractivity contribution is 5.46. The molecule has 0 saturated heterocycles. The molecule has 0 amide bonds. The summed E-state index contributed by atoms with van der Waals surface area (Å²) in [5.41, 5.74) is 2.89. The van der Waals surface area contributed by atoms with Gasteiger partial charge in [-0.3, -0.25) is 0 Å². The molecule has 3 aromatic carbocycles. The van der Waals surface area contributed by atoms with E-state index in [0.717, 1.165) is 22.3 Å². The number of aliphatic hydroxyl groups is 3. The van der Waals surface area contributed by atoms with E-state index < -0.39 is 23.7 Å². The maximum absolute atomic E-state index is 11.7. The molecular weight excluding hydrogens is 360 g/mol. The summed E-state index contributed by atoms with van der Waals surface area (Å²) in [7, 11) is 0. The number of rotatable bonds is 2. The van der Waals surface area contributed by atoms with Crippen LogP contribution in [0.1, 0.15) is 59.1 Å². The molecule has 0 aromatic heterocycles. The Morgan fingerprint density at radius 2 is 0.931 bits per heavy atom. The van der Waals surface area contributed by atoms with Crippen molar-refractivity contribution >= 4 is 0 Å². The average Bonchev–Trinajstić information content (AvgIpc) is 2.99. The monoisotopic (exact) mass is 386 g/mol. The van der Waals surface area contributed by atoms with Crippen LogP contribution in [-0.2, 0) is 0 Å². The molecule has 0 bridgehead atoms. The zero-order valence-corrected chi connectivity index (χ0v) is 16.2. The SMILES string of the molecule is OC1C[C@H](c2ccccc2)C2(C(O)c3ccccc3C2O)[C@@H](c2ccccc2)C1. The summed E-state index contributed by atoms with van der Waals surface area (Å²) >= 11 is 0. The number of hydrogen-bond acceptors (Lipinski definition) is 3. The zero-order valence-electron chi connectivity index (χ0n) is 16.2. The Morgan fingerprint density at radius 3 is 1.34 bits per heavy atom. The molecule has 1 saturated carbocycles. The minimum absolute atomic E-state index is 0.171. The van der Waals surface area contributed by atoms with Crippen LogP contribution in [0.15, 0.2) is 84.9 Å². The van der Waals surface area contributed by atoms with Crippen molar-refractivity contribution < 1.29 is 15.3 Å². The highest BCUT2D eigenvalue weighted by atomic mass is 16.3. The van der Waals surface area contributed by atoms with Crippen molar-refractivity contribution in [1.82, 2.24) is 0 Å². The summed E-state index contributed by atoms with van der Waals surface area (Å²) in [6.45, 7) is 0. The molecule has 4 atom stereocenters. The first-order valence-corrected chi connectivity index (χ1v) is 10.4. The first-order valence-electron chi connectivity index (χ1n) is 10.4. The third-order valence-electron chi connectivity index (χ3n) is 7.16. The number of hydrogen-bond donors (Lipinski definition) is 3. The van der Waals surface area contributed by atoms with Crippen LogP contribution in [0.4, 0.5) is 0 Å². The van der Waals surface area contributed by atoms with E-state index in [1.165, 1.54) is 0 Å². The minimum atomic E-state index is -0.828. The predicted octanol–water partition coefficient (Wildman–Crippen LogP) is 4.48. The maximum Gasteiger partial charge on any atom is 0.0889 e. The number of fused-ring (bicyclic) bond motifs is 1. The van der Waals surface area contributed by atoms with Crippen LogP contribution in [0.2, 0.25) is 0 Å². The lowest BCUT2D eigenvalue weighted by atomic mass is 9.52. The van der Waals surface area contributed by atoms with Gasteiger partial charge in [-0.25, -0.2) is 0 Å². The van der Waals surface area contributed by atoms with E-state index in [9.17, 15) is 15.3 Å². The summed E-state index contributed by atoms with van der Waals surface area (Å²) in [5.74, 6) is -0.342. The highest BCUT2D eigenvalue weighted by Gasteiger charge is 2.63. The number of aliphatic hydroxyl groups excluding tert-OH is 3. The molecule has 3 nitrogen and oxygen atoms in total. The van der Waals surface area contributed by atoms with Crippen LogP contribution >= 0.6 is 0 Å². The van der Waals surface area contributed by atoms with Gasteiger partial charge in [0.1, 0.15) is 0 Å². The molecule has 0 aliphatic heterocycles. The van der Waals surface area contributed by atoms with Gasteiger partial charge in [-0.05, 0) is 46.9 Å². The molecule has 2 aliphatic carbocycles. The Morgan fingerprint density at radius 1 is 0.552 bits per heavy atom. The summed E-state index contributed by atoms with van der Waals surface area (Å²) in [6, 6.07) is 27.8. The van der Waals surface area contributed by atoms with Gasteiger partial charge in [-0.1, -0.05) is 84.9 Å². The second kappa shape index (κ2) is 7.10. The van der Waals surface area contributed by atoms with Crippen molar-refractivity contribution in [2.24, 2.45) is 5.41 Å². The molecule has 0 heterocycles. The maximum atomic E-state index is 11.7. The van der Waals surface area contributed by atoms with Crippen molar-refractivity contribution in [3.05, 3.63) is 107 Å². The summed E-state index contributed by atoms with van der Waals surface area (Å²) in [6.07, 6.45) is -1.06. The van der Waals surface area contributed by atoms with E-state index in [1.54, 1.807) is 0 Å². The fourth-order valence-electron chi connectivity index (χ4n) is 5.97. The van der Waals surface area contributed by atoms with Gasteiger partial charge < -0.3 is 15.3 Å². The Hall–Kier alpha value is -2.46. The standard InChI is InChI=1S/C26H26O3/c27-19-15-22(17-9-3-1-4-10-17)26(23(16-19)18-11-5-2-6-12-18)24(28)20-13-7-8-14-21(20)25(26)29/h1-14,19,22-25,27-29H,15-16H2/t19?,22-,23-,24?,25?,26?/m1/s1. The molecule has 3 aromatic rings. The lowest BCUT2D eigenvalue weighted by Gasteiger charge is -2.53. The second-order valence-corrected chi connectivity index (χ2v) is 8.49. The van der Waals surface area contributed by atoms with Crippen LogP contribution in [0, 0.1) is 5.41 Å². The van der Waals surface area contributed by atoms with E-state index in [1.807, 2.05) is 60.7 Å². The van der Waals surface area contributed by atoms with Gasteiger partial charge >= 0.3 is 0 Å². The topological polar surface area (TPSA) is 60.7 Å². The molecule has 29 heavy (non-hydrogen) atoms. The summed E-state index contributed by atoms with van der Waals surface area (Å²) in [4.78, 5) is 0. The summed E-state index contributed by atoms with van der Waals surface area (Å²) < 4.78 is 0. The molecule has 2 aliphatic rings. The molecule has 1 fully saturated rings. The number of benzene rings is 3. The first kappa shape index (κ1) is 18.6. The normalized spacial score (nSPS) is 33.6.